The Morgan fingerprint density at radius 2 is 1.89 bits per heavy atom. The summed E-state index contributed by atoms with van der Waals surface area (Å²) in [5.74, 6) is -1.18. The minimum atomic E-state index is -4.50. The third-order valence-corrected chi connectivity index (χ3v) is 7.79. The zero-order valence-electron chi connectivity index (χ0n) is 20.5. The smallest absolute Gasteiger partial charge is 0.416 e. The van der Waals surface area contributed by atoms with E-state index in [9.17, 15) is 23.1 Å². The molecule has 0 bridgehead atoms. The quantitative estimate of drug-likeness (QED) is 0.195. The Labute approximate surface area is 207 Å². The number of nitrogens with zero attached hydrogens (tertiary/aromatic N) is 2. The zero-order valence-corrected chi connectivity index (χ0v) is 21.5. The van der Waals surface area contributed by atoms with Crippen molar-refractivity contribution in [2.75, 3.05) is 6.61 Å². The van der Waals surface area contributed by atoms with Gasteiger partial charge in [0.05, 0.1) is 22.5 Å². The zero-order chi connectivity index (χ0) is 26.3. The van der Waals surface area contributed by atoms with Gasteiger partial charge in [0.15, 0.2) is 0 Å². The number of H-pyrrole nitrogens is 1. The normalized spacial score (nSPS) is 12.4. The highest BCUT2D eigenvalue weighted by Crippen LogP contribution is 2.39. The molecule has 0 radical (unpaired) electrons. The number of benzene rings is 1. The molecule has 0 spiro atoms. The fourth-order valence-electron chi connectivity index (χ4n) is 4.18. The van der Waals surface area contributed by atoms with E-state index in [1.54, 1.807) is 36.0 Å². The minimum absolute atomic E-state index is 0.0119. The number of alkyl halides is 3. The summed E-state index contributed by atoms with van der Waals surface area (Å²) in [6.45, 7) is 8.80. The Morgan fingerprint density at radius 1 is 1.14 bits per heavy atom. The molecule has 4 rings (SSSR count). The van der Waals surface area contributed by atoms with Crippen LogP contribution in [-0.4, -0.2) is 40.3 Å². The summed E-state index contributed by atoms with van der Waals surface area (Å²) in [4.78, 5) is 19.7. The van der Waals surface area contributed by atoms with Crippen molar-refractivity contribution in [2.45, 2.75) is 45.5 Å². The van der Waals surface area contributed by atoms with Crippen LogP contribution in [0.25, 0.3) is 33.5 Å². The number of carboxylic acid groups (broad SMARTS) is 1. The van der Waals surface area contributed by atoms with Crippen LogP contribution in [0.1, 0.15) is 21.5 Å². The highest BCUT2D eigenvalue weighted by Gasteiger charge is 2.32. The van der Waals surface area contributed by atoms with E-state index in [1.165, 1.54) is 6.07 Å². The van der Waals surface area contributed by atoms with Crippen LogP contribution in [0.3, 0.4) is 0 Å². The first kappa shape index (κ1) is 25.7. The van der Waals surface area contributed by atoms with Gasteiger partial charge in [-0.1, -0.05) is 25.7 Å². The van der Waals surface area contributed by atoms with Crippen LogP contribution >= 0.6 is 0 Å². The number of rotatable bonds is 8. The molecule has 0 fully saturated rings. The second-order valence-corrected chi connectivity index (χ2v) is 15.6. The van der Waals surface area contributed by atoms with Crippen LogP contribution in [0, 0.1) is 6.92 Å². The second-order valence-electron chi connectivity index (χ2n) is 10.00. The van der Waals surface area contributed by atoms with Crippen molar-refractivity contribution >= 4 is 25.1 Å². The van der Waals surface area contributed by atoms with Gasteiger partial charge in [0.1, 0.15) is 12.4 Å². The maximum Gasteiger partial charge on any atom is 0.416 e. The summed E-state index contributed by atoms with van der Waals surface area (Å²) in [6.07, 6.45) is -1.12. The monoisotopic (exact) mass is 515 g/mol. The molecule has 0 atom stereocenters. The van der Waals surface area contributed by atoms with Crippen LogP contribution in [-0.2, 0) is 17.6 Å². The van der Waals surface area contributed by atoms with Crippen molar-refractivity contribution in [1.29, 1.82) is 0 Å². The molecule has 2 N–H and O–H groups in total. The average molecular weight is 516 g/mol. The van der Waals surface area contributed by atoms with Gasteiger partial charge in [-0.05, 0) is 48.9 Å². The van der Waals surface area contributed by atoms with E-state index < -0.39 is 25.8 Å². The molecule has 0 aliphatic rings. The number of halogens is 3. The van der Waals surface area contributed by atoms with Crippen molar-refractivity contribution in [3.63, 3.8) is 0 Å². The topological polar surface area (TPSA) is 80.1 Å². The van der Waals surface area contributed by atoms with Gasteiger partial charge in [-0.2, -0.15) is 13.2 Å². The molecule has 3 heterocycles. The number of nitrogens with one attached hydrogen (secondary N) is 1. The van der Waals surface area contributed by atoms with Gasteiger partial charge in [0.25, 0.3) is 0 Å². The van der Waals surface area contributed by atoms with Gasteiger partial charge in [-0.15, -0.1) is 0 Å². The third-order valence-electron chi connectivity index (χ3n) is 6.09. The number of pyridine rings is 1. The van der Waals surface area contributed by atoms with Crippen LogP contribution in [0.5, 0.6) is 0 Å². The Morgan fingerprint density at radius 3 is 2.53 bits per heavy atom. The number of hydrogen-bond acceptors (Lipinski definition) is 3. The number of aromatic amines is 1. The molecule has 3 aromatic heterocycles. The third kappa shape index (κ3) is 5.24. The maximum absolute atomic E-state index is 13.3. The summed E-state index contributed by atoms with van der Waals surface area (Å²) in [7, 11) is -1.37. The van der Waals surface area contributed by atoms with Gasteiger partial charge < -0.3 is 19.4 Å². The van der Waals surface area contributed by atoms with Crippen molar-refractivity contribution in [3.8, 4) is 22.5 Å². The molecular formula is C26H28F3N3O3Si. The molecule has 0 aliphatic heterocycles. The lowest BCUT2D eigenvalue weighted by molar-refractivity contribution is -0.137. The lowest BCUT2D eigenvalue weighted by Gasteiger charge is -2.19. The predicted molar refractivity (Wildman–Crippen MR) is 136 cm³/mol. The van der Waals surface area contributed by atoms with E-state index in [-0.39, 0.29) is 12.3 Å². The van der Waals surface area contributed by atoms with Gasteiger partial charge in [-0.3, -0.25) is 0 Å². The van der Waals surface area contributed by atoms with E-state index in [4.69, 9.17) is 4.74 Å². The number of aromatic nitrogens is 3. The molecule has 0 saturated carbocycles. The number of ether oxygens (including phenoxy) is 1. The lowest BCUT2D eigenvalue weighted by Crippen LogP contribution is -2.22. The fourth-order valence-corrected chi connectivity index (χ4v) is 4.94. The predicted octanol–water partition coefficient (Wildman–Crippen LogP) is 7.04. The molecule has 0 aliphatic carbocycles. The molecule has 1 aromatic carbocycles. The molecule has 10 heteroatoms. The largest absolute Gasteiger partial charge is 0.478 e. The molecule has 36 heavy (non-hydrogen) atoms. The Kier molecular flexibility index (Phi) is 6.85. The van der Waals surface area contributed by atoms with E-state index in [2.05, 4.69) is 29.6 Å². The first-order valence-electron chi connectivity index (χ1n) is 11.5. The van der Waals surface area contributed by atoms with E-state index in [1.807, 2.05) is 6.07 Å². The summed E-state index contributed by atoms with van der Waals surface area (Å²) in [5, 5.41) is 10.9. The number of fused-ring (bicyclic) bond motifs is 1. The molecule has 0 unspecified atom stereocenters. The summed E-state index contributed by atoms with van der Waals surface area (Å²) in [6, 6.07) is 9.47. The Hall–Kier alpha value is -3.37. The fraction of sp³-hybridized carbons (Fsp3) is 0.308. The van der Waals surface area contributed by atoms with Crippen LogP contribution in [0.15, 0.2) is 48.8 Å². The molecule has 6 nitrogen and oxygen atoms in total. The maximum atomic E-state index is 13.3. The molecular weight excluding hydrogens is 487 g/mol. The van der Waals surface area contributed by atoms with Crippen molar-refractivity contribution in [1.82, 2.24) is 14.5 Å². The van der Waals surface area contributed by atoms with Crippen LogP contribution in [0.2, 0.25) is 25.7 Å². The molecule has 0 saturated heterocycles. The number of aryl methyl sites for hydroxylation is 1. The minimum Gasteiger partial charge on any atom is -0.478 e. The number of aromatic carboxylic acids is 1. The highest BCUT2D eigenvalue weighted by molar-refractivity contribution is 6.76. The first-order valence-corrected chi connectivity index (χ1v) is 15.2. The summed E-state index contributed by atoms with van der Waals surface area (Å²) >= 11 is 0. The second kappa shape index (κ2) is 9.59. The highest BCUT2D eigenvalue weighted by atomic mass is 28.3. The lowest BCUT2D eigenvalue weighted by atomic mass is 9.99. The Bertz CT molecular complexity index is 1420. The number of carboxylic acids is 1. The van der Waals surface area contributed by atoms with Gasteiger partial charge in [0, 0.05) is 43.6 Å². The molecule has 190 valence electrons. The van der Waals surface area contributed by atoms with E-state index >= 15 is 0 Å². The van der Waals surface area contributed by atoms with Crippen LogP contribution in [0.4, 0.5) is 13.2 Å². The standard InChI is InChI=1S/C26H28F3N3O3Si/c1-16-13-17(26(27,28)29)5-6-18(16)23-21(25(33)34)14-22(32(23)15-35-11-12-36(2,3)4)19-7-9-30-24-20(19)8-10-31-24/h5-10,13-14H,11-12,15H2,1-4H3,(H,30,31)(H,33,34). The van der Waals surface area contributed by atoms with Crippen LogP contribution < -0.4 is 0 Å². The number of carbonyl (C=O) groups is 1. The van der Waals surface area contributed by atoms with Gasteiger partial charge in [0.2, 0.25) is 0 Å². The van der Waals surface area contributed by atoms with Crippen molar-refractivity contribution < 1.29 is 27.8 Å². The van der Waals surface area contributed by atoms with Crippen molar-refractivity contribution in [2.24, 2.45) is 0 Å². The van der Waals surface area contributed by atoms with Gasteiger partial charge in [-0.25, -0.2) is 9.78 Å². The number of hydrogen-bond donors (Lipinski definition) is 2. The first-order chi connectivity index (χ1) is 16.9. The van der Waals surface area contributed by atoms with E-state index in [0.29, 0.717) is 34.8 Å². The SMILES string of the molecule is Cc1cc(C(F)(F)F)ccc1-c1c(C(=O)O)cc(-c2ccnc3[nH]ccc23)n1COCC[Si](C)(C)C. The molecule has 0 amide bonds. The average Bonchev–Trinajstić information content (AvgIpc) is 3.40. The van der Waals surface area contributed by atoms with E-state index in [0.717, 1.165) is 29.1 Å². The summed E-state index contributed by atoms with van der Waals surface area (Å²) < 4.78 is 47.7. The van der Waals surface area contributed by atoms with Gasteiger partial charge >= 0.3 is 12.1 Å². The Balaban J connectivity index is 1.91. The van der Waals surface area contributed by atoms with Crippen molar-refractivity contribution in [3.05, 3.63) is 65.5 Å². The molecule has 4 aromatic rings. The summed E-state index contributed by atoms with van der Waals surface area (Å²) in [5.41, 5.74) is 2.20.